The molecule has 3 rings (SSSR count). The third-order valence-electron chi connectivity index (χ3n) is 3.36. The van der Waals surface area contributed by atoms with Crippen LogP contribution < -0.4 is 4.90 Å². The van der Waals surface area contributed by atoms with Crippen molar-refractivity contribution in [1.29, 1.82) is 0 Å². The van der Waals surface area contributed by atoms with Crippen LogP contribution in [0.2, 0.25) is 0 Å². The lowest BCUT2D eigenvalue weighted by atomic mass is 10.2. The molecule has 3 heterocycles. The van der Waals surface area contributed by atoms with Gasteiger partial charge in [-0.2, -0.15) is 0 Å². The van der Waals surface area contributed by atoms with Gasteiger partial charge in [-0.15, -0.1) is 11.3 Å². The first-order chi connectivity index (χ1) is 10.0. The van der Waals surface area contributed by atoms with E-state index in [1.807, 2.05) is 23.3 Å². The molecule has 1 amide bonds. The molecule has 8 heteroatoms. The number of amides is 1. The number of aliphatic carboxylic acids is 1. The number of rotatable bonds is 3. The minimum Gasteiger partial charge on any atom is -0.480 e. The maximum atomic E-state index is 12.1. The Morgan fingerprint density at radius 3 is 2.95 bits per heavy atom. The van der Waals surface area contributed by atoms with Gasteiger partial charge in [0, 0.05) is 13.1 Å². The van der Waals surface area contributed by atoms with Crippen molar-refractivity contribution in [3.8, 4) is 0 Å². The molecule has 0 bridgehead atoms. The number of hydrogen-bond acceptors (Lipinski definition) is 6. The van der Waals surface area contributed by atoms with E-state index in [-0.39, 0.29) is 19.0 Å². The number of carboxylic acid groups (broad SMARTS) is 1. The van der Waals surface area contributed by atoms with Gasteiger partial charge in [0.2, 0.25) is 5.91 Å². The Labute approximate surface area is 124 Å². The Kier molecular flexibility index (Phi) is 3.46. The van der Waals surface area contributed by atoms with Gasteiger partial charge >= 0.3 is 5.97 Å². The molecular weight excluding hydrogens is 292 g/mol. The first-order valence-electron chi connectivity index (χ1n) is 6.51. The zero-order chi connectivity index (χ0) is 15.0. The smallest absolute Gasteiger partial charge is 0.323 e. The third-order valence-corrected chi connectivity index (χ3v) is 4.17. The molecule has 0 radical (unpaired) electrons. The Morgan fingerprint density at radius 2 is 2.24 bits per heavy atom. The molecule has 2 aromatic rings. The highest BCUT2D eigenvalue weighted by molar-refractivity contribution is 7.16. The van der Waals surface area contributed by atoms with Crippen LogP contribution >= 0.6 is 11.3 Å². The number of aryl methyl sites for hydroxylation is 1. The highest BCUT2D eigenvalue weighted by atomic mass is 32.1. The first-order valence-corrected chi connectivity index (χ1v) is 7.39. The molecule has 1 aliphatic rings. The van der Waals surface area contributed by atoms with Gasteiger partial charge in [-0.1, -0.05) is 0 Å². The Balaban J connectivity index is 1.86. The van der Waals surface area contributed by atoms with Gasteiger partial charge in [0.25, 0.3) is 0 Å². The second-order valence-electron chi connectivity index (χ2n) is 4.86. The second kappa shape index (κ2) is 5.28. The van der Waals surface area contributed by atoms with E-state index in [9.17, 15) is 9.59 Å². The number of carbonyl (C=O) groups is 2. The molecule has 0 saturated carbocycles. The average Bonchev–Trinajstić information content (AvgIpc) is 2.87. The first kappa shape index (κ1) is 13.7. The van der Waals surface area contributed by atoms with Crippen LogP contribution in [0, 0.1) is 6.92 Å². The van der Waals surface area contributed by atoms with Crippen molar-refractivity contribution < 1.29 is 14.7 Å². The average molecular weight is 306 g/mol. The van der Waals surface area contributed by atoms with E-state index in [1.54, 1.807) is 0 Å². The fourth-order valence-corrected chi connectivity index (χ4v) is 3.21. The number of anilines is 1. The molecule has 1 fully saturated rings. The quantitative estimate of drug-likeness (QED) is 0.900. The van der Waals surface area contributed by atoms with E-state index in [2.05, 4.69) is 9.97 Å². The summed E-state index contributed by atoms with van der Waals surface area (Å²) in [5, 5.41) is 11.7. The van der Waals surface area contributed by atoms with Gasteiger partial charge in [-0.3, -0.25) is 9.59 Å². The molecule has 0 spiro atoms. The second-order valence-corrected chi connectivity index (χ2v) is 5.76. The molecule has 1 saturated heterocycles. The van der Waals surface area contributed by atoms with Gasteiger partial charge in [0.15, 0.2) is 0 Å². The topological polar surface area (TPSA) is 86.6 Å². The van der Waals surface area contributed by atoms with E-state index in [4.69, 9.17) is 5.11 Å². The van der Waals surface area contributed by atoms with E-state index in [1.165, 1.54) is 16.2 Å². The van der Waals surface area contributed by atoms with Crippen molar-refractivity contribution in [2.45, 2.75) is 6.92 Å². The summed E-state index contributed by atoms with van der Waals surface area (Å²) in [6.45, 7) is 2.68. The molecule has 110 valence electrons. The largest absolute Gasteiger partial charge is 0.480 e. The molecule has 1 aliphatic heterocycles. The van der Waals surface area contributed by atoms with Crippen molar-refractivity contribution >= 4 is 39.2 Å². The van der Waals surface area contributed by atoms with Crippen LogP contribution in [0.3, 0.4) is 0 Å². The van der Waals surface area contributed by atoms with Crippen molar-refractivity contribution in [3.63, 3.8) is 0 Å². The summed E-state index contributed by atoms with van der Waals surface area (Å²) in [7, 11) is 0. The zero-order valence-corrected chi connectivity index (χ0v) is 12.3. The van der Waals surface area contributed by atoms with Crippen molar-refractivity contribution in [2.75, 3.05) is 31.1 Å². The lowest BCUT2D eigenvalue weighted by Crippen LogP contribution is -2.52. The summed E-state index contributed by atoms with van der Waals surface area (Å²) in [6, 6.07) is 1.95. The number of aromatic nitrogens is 2. The molecule has 0 atom stereocenters. The molecule has 0 aromatic carbocycles. The molecule has 0 aliphatic carbocycles. The third kappa shape index (κ3) is 2.66. The Morgan fingerprint density at radius 1 is 1.43 bits per heavy atom. The molecule has 21 heavy (non-hydrogen) atoms. The summed E-state index contributed by atoms with van der Waals surface area (Å²) in [4.78, 5) is 35.8. The summed E-state index contributed by atoms with van der Waals surface area (Å²) in [5.74, 6) is 0.237. The SMILES string of the molecule is Cc1nc(N2CCN(CC(=O)O)C(=O)C2)c2ccsc2n1. The summed E-state index contributed by atoms with van der Waals surface area (Å²) in [6.07, 6.45) is 0. The molecular formula is C13H14N4O3S. The van der Waals surface area contributed by atoms with E-state index >= 15 is 0 Å². The van der Waals surface area contributed by atoms with Crippen LogP contribution in [0.15, 0.2) is 11.4 Å². The zero-order valence-electron chi connectivity index (χ0n) is 11.4. The Bertz CT molecular complexity index is 715. The van der Waals surface area contributed by atoms with Gasteiger partial charge in [-0.25, -0.2) is 9.97 Å². The van der Waals surface area contributed by atoms with Crippen LogP contribution in [0.5, 0.6) is 0 Å². The molecule has 7 nitrogen and oxygen atoms in total. The predicted molar refractivity (Wildman–Crippen MR) is 78.6 cm³/mol. The fraction of sp³-hybridized carbons (Fsp3) is 0.385. The van der Waals surface area contributed by atoms with E-state index in [0.717, 1.165) is 16.0 Å². The van der Waals surface area contributed by atoms with Crippen molar-refractivity contribution in [1.82, 2.24) is 14.9 Å². The van der Waals surface area contributed by atoms with Crippen molar-refractivity contribution in [3.05, 3.63) is 17.3 Å². The number of fused-ring (bicyclic) bond motifs is 1. The number of nitrogens with zero attached hydrogens (tertiary/aromatic N) is 4. The van der Waals surface area contributed by atoms with Crippen LogP contribution in [-0.4, -0.2) is 58.0 Å². The van der Waals surface area contributed by atoms with Gasteiger partial charge in [0.05, 0.1) is 11.9 Å². The monoisotopic (exact) mass is 306 g/mol. The number of piperazine rings is 1. The van der Waals surface area contributed by atoms with Crippen LogP contribution in [-0.2, 0) is 9.59 Å². The number of carbonyl (C=O) groups excluding carboxylic acids is 1. The van der Waals surface area contributed by atoms with Crippen LogP contribution in [0.25, 0.3) is 10.2 Å². The normalized spacial score (nSPS) is 15.8. The summed E-state index contributed by atoms with van der Waals surface area (Å²) >= 11 is 1.54. The van der Waals surface area contributed by atoms with Crippen LogP contribution in [0.4, 0.5) is 5.82 Å². The predicted octanol–water partition coefficient (Wildman–Crippen LogP) is 0.733. The molecule has 0 unspecified atom stereocenters. The number of carboxylic acids is 1. The Hall–Kier alpha value is -2.22. The maximum Gasteiger partial charge on any atom is 0.323 e. The van der Waals surface area contributed by atoms with Gasteiger partial charge in [-0.05, 0) is 18.4 Å². The van der Waals surface area contributed by atoms with Crippen LogP contribution in [0.1, 0.15) is 5.82 Å². The minimum atomic E-state index is -0.991. The minimum absolute atomic E-state index is 0.147. The van der Waals surface area contributed by atoms with E-state index < -0.39 is 5.97 Å². The highest BCUT2D eigenvalue weighted by Gasteiger charge is 2.27. The lowest BCUT2D eigenvalue weighted by Gasteiger charge is -2.34. The maximum absolute atomic E-state index is 12.1. The lowest BCUT2D eigenvalue weighted by molar-refractivity contribution is -0.144. The van der Waals surface area contributed by atoms with Crippen molar-refractivity contribution in [2.24, 2.45) is 0 Å². The fourth-order valence-electron chi connectivity index (χ4n) is 2.40. The summed E-state index contributed by atoms with van der Waals surface area (Å²) in [5.41, 5.74) is 0. The van der Waals surface area contributed by atoms with E-state index in [0.29, 0.717) is 18.9 Å². The molecule has 1 N–H and O–H groups in total. The molecule has 2 aromatic heterocycles. The van der Waals surface area contributed by atoms with Gasteiger partial charge < -0.3 is 14.9 Å². The standard InChI is InChI=1S/C13H14N4O3S/c1-8-14-12(9-2-5-21-13(9)15-8)17-4-3-16(7-11(19)20)10(18)6-17/h2,5H,3-4,6-7H2,1H3,(H,19,20). The highest BCUT2D eigenvalue weighted by Crippen LogP contribution is 2.28. The number of thiophene rings is 1. The summed E-state index contributed by atoms with van der Waals surface area (Å²) < 4.78 is 0. The number of hydrogen-bond donors (Lipinski definition) is 1. The van der Waals surface area contributed by atoms with Gasteiger partial charge in [0.1, 0.15) is 23.0 Å².